The highest BCUT2D eigenvalue weighted by Crippen LogP contribution is 2.45. The van der Waals surface area contributed by atoms with Gasteiger partial charge in [0.1, 0.15) is 0 Å². The third-order valence-corrected chi connectivity index (χ3v) is 18.4. The third kappa shape index (κ3) is 11.0. The van der Waals surface area contributed by atoms with E-state index in [0.717, 1.165) is 120 Å². The SMILES string of the molecule is CCCCCCc1cc(-c2cc(CCCCCC)c(-c3cccc4ncccc34)s2)sc1C#CC#Cc1c2nc(cc3[nH]c(cc4[nH]c(cc5nc1C(CC)=C5CC)c(CC)c4CC)c(CC)c3CC)C(CC)=C2CC. The second-order valence-corrected chi connectivity index (χ2v) is 22.6. The number of rotatable bonds is 20. The number of allylic oxidation sites excluding steroid dienone is 4. The fourth-order valence-corrected chi connectivity index (χ4v) is 14.5. The Balaban J connectivity index is 1.25. The Bertz CT molecular complexity index is 3500. The number of H-pyrrole nitrogens is 2. The zero-order valence-corrected chi connectivity index (χ0v) is 48.9. The van der Waals surface area contributed by atoms with Crippen molar-refractivity contribution in [2.45, 2.75) is 185 Å². The molecule has 0 atom stereocenters. The van der Waals surface area contributed by atoms with Gasteiger partial charge in [0.05, 0.1) is 38.7 Å². The lowest BCUT2D eigenvalue weighted by Crippen LogP contribution is -1.95. The summed E-state index contributed by atoms with van der Waals surface area (Å²) in [6.45, 7) is 22.8. The Kier molecular flexibility index (Phi) is 18.1. The molecule has 0 saturated heterocycles. The molecule has 0 unspecified atom stereocenters. The molecule has 0 amide bonds. The number of benzene rings is 1. The Hall–Kier alpha value is -6.25. The highest BCUT2D eigenvalue weighted by Gasteiger charge is 2.27. The number of aryl methyl sites for hydroxylation is 6. The summed E-state index contributed by atoms with van der Waals surface area (Å²) in [6, 6.07) is 22.8. The topological polar surface area (TPSA) is 70.2 Å². The molecule has 2 N–H and O–H groups in total. The van der Waals surface area contributed by atoms with Gasteiger partial charge in [0.25, 0.3) is 0 Å². The summed E-state index contributed by atoms with van der Waals surface area (Å²) in [6.07, 6.45) is 21.0. The summed E-state index contributed by atoms with van der Waals surface area (Å²) >= 11 is 3.77. The van der Waals surface area contributed by atoms with Crippen molar-refractivity contribution in [2.24, 2.45) is 0 Å². The molecule has 0 radical (unpaired) electrons. The Morgan fingerprint density at radius 3 is 1.53 bits per heavy atom. The van der Waals surface area contributed by atoms with Crippen LogP contribution in [0.4, 0.5) is 0 Å². The van der Waals surface area contributed by atoms with Crippen molar-refractivity contribution in [1.82, 2.24) is 24.9 Å². The highest BCUT2D eigenvalue weighted by molar-refractivity contribution is 7.24. The molecule has 1 aromatic carbocycles. The largest absolute Gasteiger partial charge is 0.355 e. The van der Waals surface area contributed by atoms with Gasteiger partial charge in [-0.15, -0.1) is 22.7 Å². The predicted molar refractivity (Wildman–Crippen MR) is 331 cm³/mol. The molecule has 0 fully saturated rings. The average molecular weight is 1040 g/mol. The first-order valence-electron chi connectivity index (χ1n) is 29.1. The quantitative estimate of drug-likeness (QED) is 0.0590. The van der Waals surface area contributed by atoms with Crippen LogP contribution >= 0.6 is 22.7 Å². The van der Waals surface area contributed by atoms with Crippen LogP contribution in [0.3, 0.4) is 0 Å². The predicted octanol–water partition coefficient (Wildman–Crippen LogP) is 19.7. The first-order chi connectivity index (χ1) is 37.3. The van der Waals surface area contributed by atoms with E-state index in [9.17, 15) is 0 Å². The van der Waals surface area contributed by atoms with Gasteiger partial charge in [-0.05, 0) is 199 Å². The molecule has 2 aliphatic rings. The smallest absolute Gasteiger partial charge is 0.0851 e. The van der Waals surface area contributed by atoms with E-state index in [1.165, 1.54) is 137 Å². The minimum absolute atomic E-state index is 0.842. The van der Waals surface area contributed by atoms with Crippen LogP contribution in [0.25, 0.3) is 75.5 Å². The first kappa shape index (κ1) is 54.5. The molecule has 392 valence electrons. The van der Waals surface area contributed by atoms with Crippen LogP contribution in [0, 0.1) is 23.7 Å². The molecule has 76 heavy (non-hydrogen) atoms. The summed E-state index contributed by atoms with van der Waals surface area (Å²) in [5.41, 5.74) is 25.1. The summed E-state index contributed by atoms with van der Waals surface area (Å²) < 4.78 is 0. The number of aromatic nitrogens is 5. The number of fused-ring (bicyclic) bond motifs is 9. The first-order valence-corrected chi connectivity index (χ1v) is 30.8. The van der Waals surface area contributed by atoms with Gasteiger partial charge in [0.15, 0.2) is 0 Å². The molecule has 0 aliphatic carbocycles. The molecule has 9 rings (SSSR count). The van der Waals surface area contributed by atoms with Crippen LogP contribution in [-0.4, -0.2) is 24.9 Å². The van der Waals surface area contributed by atoms with Gasteiger partial charge in [-0.2, -0.15) is 0 Å². The van der Waals surface area contributed by atoms with E-state index < -0.39 is 0 Å². The van der Waals surface area contributed by atoms with Crippen LogP contribution in [-0.2, 0) is 38.5 Å². The van der Waals surface area contributed by atoms with E-state index in [-0.39, 0.29) is 0 Å². The standard InChI is InChI=1S/C69H79N5S2/c1-11-21-23-25-31-44-39-65(66-40-45(32-26-24-22-12-2)69(76-66)55-34-29-36-57-54(55)35-30-38-70-57)75-64(44)37-28-27-33-56-67-52(19-9)50(17-7)62(73-67)42-60-48(15-5)46(13-3)58(71-60)41-59-47(14-4)49(16-6)61(72-59)43-63-51(18-8)53(20-10)68(56)74-63/h29-30,34-36,38-43,71-72H,11-26,31-32H2,1-10H3. The van der Waals surface area contributed by atoms with E-state index in [1.807, 2.05) is 28.9 Å². The lowest BCUT2D eigenvalue weighted by Gasteiger charge is -2.08. The molecule has 8 heterocycles. The number of thiophene rings is 2. The van der Waals surface area contributed by atoms with Gasteiger partial charge in [-0.25, -0.2) is 9.97 Å². The lowest BCUT2D eigenvalue weighted by atomic mass is 9.94. The summed E-state index contributed by atoms with van der Waals surface area (Å²) in [5, 5.41) is 1.22. The maximum absolute atomic E-state index is 5.64. The number of unbranched alkanes of at least 4 members (excludes halogenated alkanes) is 6. The van der Waals surface area contributed by atoms with E-state index in [0.29, 0.717) is 0 Å². The fraction of sp³-hybridized carbons (Fsp3) is 0.406. The number of nitrogens with one attached hydrogen (secondary N) is 2. The zero-order chi connectivity index (χ0) is 53.3. The van der Waals surface area contributed by atoms with Crippen molar-refractivity contribution in [3.05, 3.63) is 133 Å². The summed E-state index contributed by atoms with van der Waals surface area (Å²) in [4.78, 5) is 29.0. The van der Waals surface area contributed by atoms with Crippen molar-refractivity contribution >= 4 is 77.9 Å². The zero-order valence-electron chi connectivity index (χ0n) is 47.2. The van der Waals surface area contributed by atoms with E-state index in [4.69, 9.17) is 15.0 Å². The van der Waals surface area contributed by atoms with Crippen molar-refractivity contribution in [3.63, 3.8) is 0 Å². The second-order valence-electron chi connectivity index (χ2n) is 20.5. The number of aromatic amines is 2. The fourth-order valence-electron chi connectivity index (χ4n) is 12.1. The molecule has 0 saturated carbocycles. The summed E-state index contributed by atoms with van der Waals surface area (Å²) in [5.74, 6) is 14.3. The molecule has 8 bridgehead atoms. The van der Waals surface area contributed by atoms with E-state index in [1.54, 1.807) is 0 Å². The van der Waals surface area contributed by atoms with Crippen molar-refractivity contribution in [2.75, 3.05) is 0 Å². The maximum atomic E-state index is 5.64. The molecule has 6 aromatic heterocycles. The van der Waals surface area contributed by atoms with Crippen molar-refractivity contribution < 1.29 is 0 Å². The van der Waals surface area contributed by atoms with Crippen molar-refractivity contribution in [3.8, 4) is 43.9 Å². The van der Waals surface area contributed by atoms with Gasteiger partial charge >= 0.3 is 0 Å². The van der Waals surface area contributed by atoms with Gasteiger partial charge < -0.3 is 9.97 Å². The highest BCUT2D eigenvalue weighted by atomic mass is 32.1. The van der Waals surface area contributed by atoms with Gasteiger partial charge in [0.2, 0.25) is 0 Å². The normalized spacial score (nSPS) is 12.4. The van der Waals surface area contributed by atoms with Crippen molar-refractivity contribution in [1.29, 1.82) is 0 Å². The van der Waals surface area contributed by atoms with Gasteiger partial charge in [-0.1, -0.05) is 126 Å². The number of hydrogen-bond donors (Lipinski definition) is 2. The molecule has 0 spiro atoms. The van der Waals surface area contributed by atoms with Crippen LogP contribution in [0.1, 0.15) is 213 Å². The molecule has 2 aliphatic heterocycles. The molecular formula is C69H79N5S2. The number of nitrogens with zero attached hydrogens (tertiary/aromatic N) is 3. The summed E-state index contributed by atoms with van der Waals surface area (Å²) in [7, 11) is 0. The second kappa shape index (κ2) is 25.3. The van der Waals surface area contributed by atoms with Gasteiger partial charge in [-0.3, -0.25) is 4.98 Å². The van der Waals surface area contributed by atoms with Gasteiger partial charge in [0, 0.05) is 53.8 Å². The molecule has 7 aromatic rings. The average Bonchev–Trinajstić information content (AvgIpc) is 4.32. The molecular weight excluding hydrogens is 963 g/mol. The van der Waals surface area contributed by atoms with Crippen LogP contribution in [0.5, 0.6) is 0 Å². The monoisotopic (exact) mass is 1040 g/mol. The van der Waals surface area contributed by atoms with Crippen LogP contribution in [0.2, 0.25) is 0 Å². The van der Waals surface area contributed by atoms with E-state index in [2.05, 4.69) is 164 Å². The Morgan fingerprint density at radius 2 is 0.987 bits per heavy atom. The third-order valence-electron chi connectivity index (χ3n) is 15.9. The minimum Gasteiger partial charge on any atom is -0.355 e. The van der Waals surface area contributed by atoms with E-state index >= 15 is 0 Å². The number of pyridine rings is 1. The van der Waals surface area contributed by atoms with Crippen LogP contribution in [0.15, 0.2) is 66.9 Å². The Morgan fingerprint density at radius 1 is 0.474 bits per heavy atom. The number of hydrogen-bond acceptors (Lipinski definition) is 5. The maximum Gasteiger partial charge on any atom is 0.0851 e. The van der Waals surface area contributed by atoms with Crippen LogP contribution < -0.4 is 0 Å². The Labute approximate surface area is 462 Å². The molecule has 5 nitrogen and oxygen atoms in total. The molecule has 7 heteroatoms. The lowest BCUT2D eigenvalue weighted by molar-refractivity contribution is 0.667. The minimum atomic E-state index is 0.842.